The minimum absolute atomic E-state index is 0.0781. The maximum Gasteiger partial charge on any atom is 0.291 e. The Morgan fingerprint density at radius 2 is 1.87 bits per heavy atom. The van der Waals surface area contributed by atoms with Gasteiger partial charge in [-0.15, -0.1) is 0 Å². The Hall–Kier alpha value is -3.16. The molecule has 7 nitrogen and oxygen atoms in total. The van der Waals surface area contributed by atoms with Gasteiger partial charge in [-0.1, -0.05) is 11.6 Å². The monoisotopic (exact) mass is 440 g/mol. The average molecular weight is 441 g/mol. The number of methoxy groups -OCH3 is 1. The molecule has 3 heterocycles. The lowest BCUT2D eigenvalue weighted by atomic mass is 9.95. The van der Waals surface area contributed by atoms with E-state index in [4.69, 9.17) is 30.2 Å². The van der Waals surface area contributed by atoms with Crippen LogP contribution in [0, 0.1) is 0 Å². The van der Waals surface area contributed by atoms with Gasteiger partial charge in [-0.2, -0.15) is 0 Å². The molecule has 0 bridgehead atoms. The molecule has 1 amide bonds. The zero-order valence-corrected chi connectivity index (χ0v) is 17.9. The molecule has 0 aliphatic carbocycles. The first kappa shape index (κ1) is 19.8. The van der Waals surface area contributed by atoms with E-state index in [0.29, 0.717) is 40.3 Å². The highest BCUT2D eigenvalue weighted by molar-refractivity contribution is 6.30. The number of ether oxygens (including phenoxy) is 3. The van der Waals surface area contributed by atoms with E-state index >= 15 is 0 Å². The van der Waals surface area contributed by atoms with E-state index in [2.05, 4.69) is 10.2 Å². The fraction of sp³-hybridized carbons (Fsp3) is 0.261. The van der Waals surface area contributed by atoms with Crippen molar-refractivity contribution >= 4 is 23.2 Å². The van der Waals surface area contributed by atoms with Crippen molar-refractivity contribution in [3.63, 3.8) is 0 Å². The fourth-order valence-electron chi connectivity index (χ4n) is 4.04. The summed E-state index contributed by atoms with van der Waals surface area (Å²) in [5.41, 5.74) is 3.45. The zero-order chi connectivity index (χ0) is 21.5. The van der Waals surface area contributed by atoms with Crippen LogP contribution in [0.4, 0.5) is 5.69 Å². The number of fused-ring (bicyclic) bond motifs is 2. The Balaban J connectivity index is 1.49. The van der Waals surface area contributed by atoms with Crippen LogP contribution in [0.1, 0.15) is 21.7 Å². The van der Waals surface area contributed by atoms with Gasteiger partial charge in [-0.25, -0.2) is 0 Å². The largest absolute Gasteiger partial charge is 0.492 e. The SMILES string of the molecule is COc1c2c(c(NC(=O)c3ccc(-c4ccc(Cl)cc4)o3)c3c1OCO3)CCN(C)C2. The molecule has 0 saturated heterocycles. The highest BCUT2D eigenvalue weighted by Gasteiger charge is 2.33. The molecule has 0 unspecified atom stereocenters. The van der Waals surface area contributed by atoms with Crippen LogP contribution in [-0.2, 0) is 13.0 Å². The molecule has 2 aromatic carbocycles. The van der Waals surface area contributed by atoms with E-state index in [9.17, 15) is 4.79 Å². The number of halogens is 1. The highest BCUT2D eigenvalue weighted by atomic mass is 35.5. The van der Waals surface area contributed by atoms with E-state index in [1.807, 2.05) is 19.2 Å². The van der Waals surface area contributed by atoms with E-state index in [0.717, 1.165) is 29.7 Å². The standard InChI is InChI=1S/C23H21ClN2O5/c1-26-10-9-15-16(11-26)20(28-2)22-21(29-12-30-22)19(15)25-23(27)18-8-7-17(31-18)13-3-5-14(24)6-4-13/h3-8H,9-12H2,1-2H3,(H,25,27). The molecule has 31 heavy (non-hydrogen) atoms. The van der Waals surface area contributed by atoms with Crippen LogP contribution in [0.15, 0.2) is 40.8 Å². The van der Waals surface area contributed by atoms with E-state index in [1.165, 1.54) is 0 Å². The summed E-state index contributed by atoms with van der Waals surface area (Å²) < 4.78 is 22.8. The van der Waals surface area contributed by atoms with Gasteiger partial charge in [0.2, 0.25) is 12.5 Å². The van der Waals surface area contributed by atoms with Gasteiger partial charge in [0, 0.05) is 29.2 Å². The quantitative estimate of drug-likeness (QED) is 0.640. The van der Waals surface area contributed by atoms with Gasteiger partial charge >= 0.3 is 0 Å². The summed E-state index contributed by atoms with van der Waals surface area (Å²) in [4.78, 5) is 15.3. The van der Waals surface area contributed by atoms with Gasteiger partial charge in [-0.05, 0) is 55.4 Å². The van der Waals surface area contributed by atoms with Gasteiger partial charge in [0.25, 0.3) is 5.91 Å². The minimum atomic E-state index is -0.357. The second-order valence-corrected chi connectivity index (χ2v) is 7.98. The normalized spacial score (nSPS) is 14.9. The number of likely N-dealkylation sites (N-methyl/N-ethyl adjacent to an activating group) is 1. The fourth-order valence-corrected chi connectivity index (χ4v) is 4.17. The summed E-state index contributed by atoms with van der Waals surface area (Å²) in [6.45, 7) is 1.63. The Bertz CT molecular complexity index is 1160. The van der Waals surface area contributed by atoms with Crippen LogP contribution in [-0.4, -0.2) is 38.3 Å². The number of carbonyl (C=O) groups is 1. The second kappa shape index (κ2) is 7.83. The highest BCUT2D eigenvalue weighted by Crippen LogP contribution is 2.52. The summed E-state index contributed by atoms with van der Waals surface area (Å²) in [6, 6.07) is 10.7. The Morgan fingerprint density at radius 3 is 2.65 bits per heavy atom. The van der Waals surface area contributed by atoms with Crippen molar-refractivity contribution in [3.8, 4) is 28.6 Å². The third-order valence-corrected chi connectivity index (χ3v) is 5.81. The molecule has 3 aromatic rings. The van der Waals surface area contributed by atoms with Crippen molar-refractivity contribution in [2.45, 2.75) is 13.0 Å². The van der Waals surface area contributed by atoms with Crippen molar-refractivity contribution in [1.29, 1.82) is 0 Å². The summed E-state index contributed by atoms with van der Waals surface area (Å²) in [6.07, 6.45) is 0.753. The molecule has 160 valence electrons. The first-order valence-electron chi connectivity index (χ1n) is 9.92. The molecule has 0 fully saturated rings. The molecule has 0 spiro atoms. The Kier molecular flexibility index (Phi) is 5.00. The molecular weight excluding hydrogens is 420 g/mol. The van der Waals surface area contributed by atoms with Gasteiger partial charge in [0.1, 0.15) is 5.76 Å². The smallest absolute Gasteiger partial charge is 0.291 e. The van der Waals surface area contributed by atoms with Crippen LogP contribution < -0.4 is 19.5 Å². The van der Waals surface area contributed by atoms with Crippen molar-refractivity contribution < 1.29 is 23.4 Å². The number of rotatable bonds is 4. The third-order valence-electron chi connectivity index (χ3n) is 5.56. The van der Waals surface area contributed by atoms with Gasteiger partial charge in [0.15, 0.2) is 17.3 Å². The minimum Gasteiger partial charge on any atom is -0.492 e. The van der Waals surface area contributed by atoms with E-state index in [-0.39, 0.29) is 18.5 Å². The lowest BCUT2D eigenvalue weighted by Crippen LogP contribution is -2.28. The van der Waals surface area contributed by atoms with Gasteiger partial charge in [0.05, 0.1) is 12.8 Å². The van der Waals surface area contributed by atoms with Crippen LogP contribution in [0.2, 0.25) is 5.02 Å². The van der Waals surface area contributed by atoms with E-state index < -0.39 is 0 Å². The molecule has 1 N–H and O–H groups in total. The number of nitrogens with one attached hydrogen (secondary N) is 1. The van der Waals surface area contributed by atoms with Gasteiger partial charge in [-0.3, -0.25) is 4.79 Å². The summed E-state index contributed by atoms with van der Waals surface area (Å²) >= 11 is 5.95. The topological polar surface area (TPSA) is 73.2 Å². The number of nitrogens with zero attached hydrogens (tertiary/aromatic N) is 1. The summed E-state index contributed by atoms with van der Waals surface area (Å²) in [5, 5.41) is 3.63. The Labute approximate surface area is 184 Å². The predicted octanol–water partition coefficient (Wildman–Crippen LogP) is 4.58. The van der Waals surface area contributed by atoms with Crippen LogP contribution in [0.5, 0.6) is 17.2 Å². The molecular formula is C23H21ClN2O5. The van der Waals surface area contributed by atoms with Crippen LogP contribution in [0.25, 0.3) is 11.3 Å². The van der Waals surface area contributed by atoms with Crippen LogP contribution in [0.3, 0.4) is 0 Å². The number of hydrogen-bond donors (Lipinski definition) is 1. The van der Waals surface area contributed by atoms with Crippen LogP contribution >= 0.6 is 11.6 Å². The van der Waals surface area contributed by atoms with Gasteiger partial charge < -0.3 is 28.8 Å². The lowest BCUT2D eigenvalue weighted by Gasteiger charge is -2.29. The molecule has 0 atom stereocenters. The molecule has 5 rings (SSSR count). The molecule has 2 aliphatic heterocycles. The number of anilines is 1. The Morgan fingerprint density at radius 1 is 1.10 bits per heavy atom. The average Bonchev–Trinajstić information content (AvgIpc) is 3.44. The second-order valence-electron chi connectivity index (χ2n) is 7.54. The maximum absolute atomic E-state index is 13.1. The number of amides is 1. The molecule has 0 radical (unpaired) electrons. The maximum atomic E-state index is 13.1. The number of carbonyl (C=O) groups excluding carboxylic acids is 1. The number of benzene rings is 2. The summed E-state index contributed by atoms with van der Waals surface area (Å²) in [5.74, 6) is 2.12. The number of hydrogen-bond acceptors (Lipinski definition) is 6. The molecule has 1 aromatic heterocycles. The molecule has 0 saturated carbocycles. The predicted molar refractivity (Wildman–Crippen MR) is 116 cm³/mol. The molecule has 8 heteroatoms. The zero-order valence-electron chi connectivity index (χ0n) is 17.2. The first-order chi connectivity index (χ1) is 15.0. The van der Waals surface area contributed by atoms with Crippen molar-refractivity contribution in [2.75, 3.05) is 32.8 Å². The molecule has 2 aliphatic rings. The van der Waals surface area contributed by atoms with Crippen molar-refractivity contribution in [1.82, 2.24) is 4.90 Å². The van der Waals surface area contributed by atoms with Crippen molar-refractivity contribution in [2.24, 2.45) is 0 Å². The number of furan rings is 1. The lowest BCUT2D eigenvalue weighted by molar-refractivity contribution is 0.0996. The van der Waals surface area contributed by atoms with Crippen molar-refractivity contribution in [3.05, 3.63) is 58.3 Å². The van der Waals surface area contributed by atoms with E-state index in [1.54, 1.807) is 31.4 Å². The third kappa shape index (κ3) is 3.49. The first-order valence-corrected chi connectivity index (χ1v) is 10.3. The summed E-state index contributed by atoms with van der Waals surface area (Å²) in [7, 11) is 3.66.